The number of amides is 3. The number of benzene rings is 3. The van der Waals surface area contributed by atoms with Crippen molar-refractivity contribution >= 4 is 56.5 Å². The molecule has 13 heteroatoms. The van der Waals surface area contributed by atoms with E-state index in [1.54, 1.807) is 47.4 Å². The van der Waals surface area contributed by atoms with Crippen LogP contribution in [-0.4, -0.2) is 87.4 Å². The first-order valence-electron chi connectivity index (χ1n) is 14.6. The third-order valence-electron chi connectivity index (χ3n) is 8.31. The zero-order chi connectivity index (χ0) is 31.6. The summed E-state index contributed by atoms with van der Waals surface area (Å²) in [5, 5.41) is 3.48. The van der Waals surface area contributed by atoms with Gasteiger partial charge in [0.15, 0.2) is 5.54 Å². The number of hydrogen-bond acceptors (Lipinski definition) is 7. The predicted octanol–water partition coefficient (Wildman–Crippen LogP) is 4.42. The van der Waals surface area contributed by atoms with Crippen molar-refractivity contribution in [1.29, 1.82) is 0 Å². The van der Waals surface area contributed by atoms with E-state index in [0.717, 1.165) is 10.8 Å². The largest absolute Gasteiger partial charge is 0.329 e. The Morgan fingerprint density at radius 2 is 1.61 bits per heavy atom. The van der Waals surface area contributed by atoms with Crippen LogP contribution < -0.4 is 15.4 Å². The number of rotatable bonds is 9. The highest BCUT2D eigenvalue weighted by Gasteiger charge is 2.60. The Balaban J connectivity index is 1.60. The number of urea groups is 1. The quantitative estimate of drug-likeness (QED) is 0.349. The molecule has 10 nitrogen and oxygen atoms in total. The minimum atomic E-state index is -4.41. The van der Waals surface area contributed by atoms with Crippen molar-refractivity contribution in [3.8, 4) is 0 Å². The fourth-order valence-electron chi connectivity index (χ4n) is 6.09. The van der Waals surface area contributed by atoms with Crippen LogP contribution in [0.25, 0.3) is 0 Å². The second-order valence-corrected chi connectivity index (χ2v) is 13.3. The maximum absolute atomic E-state index is 14.9. The summed E-state index contributed by atoms with van der Waals surface area (Å²) in [6.45, 7) is 8.26. The van der Waals surface area contributed by atoms with Crippen LogP contribution >= 0.6 is 23.2 Å². The highest BCUT2D eigenvalue weighted by atomic mass is 35.5. The predicted molar refractivity (Wildman–Crippen MR) is 174 cm³/mol. The van der Waals surface area contributed by atoms with E-state index in [9.17, 15) is 18.0 Å². The number of nitrogens with two attached hydrogens (primary N) is 1. The number of hydrogen-bond donors (Lipinski definition) is 2. The van der Waals surface area contributed by atoms with Crippen molar-refractivity contribution in [3.05, 3.63) is 87.9 Å². The molecule has 0 aromatic heterocycles. The number of nitrogens with one attached hydrogen (secondary N) is 1. The van der Waals surface area contributed by atoms with E-state index in [4.69, 9.17) is 28.9 Å². The van der Waals surface area contributed by atoms with Crippen LogP contribution in [0, 0.1) is 0 Å². The van der Waals surface area contributed by atoms with Crippen LogP contribution in [0.4, 0.5) is 16.2 Å². The Bertz CT molecular complexity index is 1640. The Hall–Kier alpha value is -3.19. The first kappa shape index (κ1) is 32.2. The van der Waals surface area contributed by atoms with Gasteiger partial charge in [-0.15, -0.1) is 0 Å². The lowest BCUT2D eigenvalue weighted by molar-refractivity contribution is -0.127. The van der Waals surface area contributed by atoms with E-state index in [0.29, 0.717) is 72.7 Å². The minimum Gasteiger partial charge on any atom is -0.329 e. The molecule has 0 spiro atoms. The van der Waals surface area contributed by atoms with E-state index in [1.807, 2.05) is 18.7 Å². The Labute approximate surface area is 268 Å². The van der Waals surface area contributed by atoms with Gasteiger partial charge in [-0.2, -0.15) is 0 Å². The monoisotopic (exact) mass is 658 g/mol. The third kappa shape index (κ3) is 5.57. The zero-order valence-corrected chi connectivity index (χ0v) is 27.0. The lowest BCUT2D eigenvalue weighted by atomic mass is 9.81. The second kappa shape index (κ2) is 13.0. The van der Waals surface area contributed by atoms with Crippen molar-refractivity contribution in [2.45, 2.75) is 24.3 Å². The van der Waals surface area contributed by atoms with Gasteiger partial charge in [-0.1, -0.05) is 41.4 Å². The molecule has 3 amide bonds. The number of carbonyl (C=O) groups is 2. The van der Waals surface area contributed by atoms with Crippen LogP contribution in [0.2, 0.25) is 10.0 Å². The minimum absolute atomic E-state index is 0.102. The number of fused-ring (bicyclic) bond motifs is 1. The van der Waals surface area contributed by atoms with Crippen molar-refractivity contribution in [2.75, 3.05) is 62.0 Å². The number of halogens is 2. The van der Waals surface area contributed by atoms with E-state index >= 15 is 0 Å². The molecule has 5 rings (SSSR count). The van der Waals surface area contributed by atoms with Gasteiger partial charge in [0.25, 0.3) is 15.9 Å². The number of carbonyl (C=O) groups excluding carboxylic acids is 2. The summed E-state index contributed by atoms with van der Waals surface area (Å²) in [5.74, 6) is -0.658. The molecule has 2 aliphatic rings. The summed E-state index contributed by atoms with van der Waals surface area (Å²) in [6.07, 6.45) is 0. The molecule has 44 heavy (non-hydrogen) atoms. The number of sulfonamides is 1. The average Bonchev–Trinajstić information content (AvgIpc) is 3.27. The molecule has 3 aromatic carbocycles. The van der Waals surface area contributed by atoms with Gasteiger partial charge >= 0.3 is 6.03 Å². The highest BCUT2D eigenvalue weighted by Crippen LogP contribution is 2.52. The van der Waals surface area contributed by atoms with E-state index in [2.05, 4.69) is 10.2 Å². The first-order chi connectivity index (χ1) is 21.1. The van der Waals surface area contributed by atoms with Crippen LogP contribution in [0.15, 0.2) is 71.6 Å². The molecule has 0 aliphatic carbocycles. The maximum atomic E-state index is 14.9. The second-order valence-electron chi connectivity index (χ2n) is 10.7. The maximum Gasteiger partial charge on any atom is 0.321 e. The van der Waals surface area contributed by atoms with Gasteiger partial charge in [-0.3, -0.25) is 14.6 Å². The third-order valence-corrected chi connectivity index (χ3v) is 10.6. The Morgan fingerprint density at radius 3 is 2.23 bits per heavy atom. The fourth-order valence-corrected chi connectivity index (χ4v) is 8.00. The number of nitrogens with zero attached hydrogens (tertiary/aromatic N) is 4. The molecule has 2 heterocycles. The molecule has 234 valence electrons. The van der Waals surface area contributed by atoms with Crippen molar-refractivity contribution in [1.82, 2.24) is 14.7 Å². The lowest BCUT2D eigenvalue weighted by Crippen LogP contribution is -2.60. The van der Waals surface area contributed by atoms with Crippen molar-refractivity contribution < 1.29 is 18.0 Å². The smallest absolute Gasteiger partial charge is 0.321 e. The fraction of sp³-hybridized carbons (Fsp3) is 0.355. The molecule has 1 unspecified atom stereocenters. The number of anilines is 2. The highest BCUT2D eigenvalue weighted by molar-refractivity contribution is 7.93. The summed E-state index contributed by atoms with van der Waals surface area (Å²) >= 11 is 13.3. The van der Waals surface area contributed by atoms with Crippen LogP contribution in [0.1, 0.15) is 25.0 Å². The van der Waals surface area contributed by atoms with E-state index in [-0.39, 0.29) is 16.6 Å². The summed E-state index contributed by atoms with van der Waals surface area (Å²) in [4.78, 5) is 33.2. The van der Waals surface area contributed by atoms with Crippen LogP contribution in [0.5, 0.6) is 0 Å². The summed E-state index contributed by atoms with van der Waals surface area (Å²) in [5.41, 5.74) is 5.82. The zero-order valence-electron chi connectivity index (χ0n) is 24.7. The Kier molecular flexibility index (Phi) is 9.55. The summed E-state index contributed by atoms with van der Waals surface area (Å²) in [7, 11) is -4.41. The molecular formula is C31H36Cl2N6O4S. The molecule has 0 bridgehead atoms. The lowest BCUT2D eigenvalue weighted by Gasteiger charge is -2.45. The van der Waals surface area contributed by atoms with Crippen molar-refractivity contribution in [3.63, 3.8) is 0 Å². The van der Waals surface area contributed by atoms with Gasteiger partial charge in [0.05, 0.1) is 10.6 Å². The topological polar surface area (TPSA) is 119 Å². The molecule has 3 aromatic rings. The van der Waals surface area contributed by atoms with Gasteiger partial charge in [-0.25, -0.2) is 17.5 Å². The molecule has 1 fully saturated rings. The standard InChI is InChI=1S/C31H36Cl2N6O4S/c1-3-37(4-2)30(41)35-23-10-12-24(13-11-23)44(42,43)39-28-14-9-22(32)21-26(28)31(29(39)40,25-7-5-6-8-27(25)33)38-19-17-36(16-15-34)18-20-38/h5-14,21H,3-4,15-20,34H2,1-2H3,(H,35,41). The normalized spacial score (nSPS) is 19.2. The molecule has 3 N–H and O–H groups in total. The molecule has 2 aliphatic heterocycles. The molecule has 0 radical (unpaired) electrons. The molecular weight excluding hydrogens is 623 g/mol. The van der Waals surface area contributed by atoms with Crippen LogP contribution in [0.3, 0.4) is 0 Å². The van der Waals surface area contributed by atoms with Crippen molar-refractivity contribution in [2.24, 2.45) is 5.73 Å². The SMILES string of the molecule is CCN(CC)C(=O)Nc1ccc(S(=O)(=O)N2C(=O)C(c3ccccc3Cl)(N3CCN(CCN)CC3)c3cc(Cl)ccc32)cc1. The molecule has 0 saturated carbocycles. The van der Waals surface area contributed by atoms with E-state index < -0.39 is 21.5 Å². The van der Waals surface area contributed by atoms with Crippen LogP contribution in [-0.2, 0) is 20.4 Å². The number of piperazine rings is 1. The van der Waals surface area contributed by atoms with E-state index in [1.165, 1.54) is 24.3 Å². The van der Waals surface area contributed by atoms with Gasteiger partial charge in [0.2, 0.25) is 0 Å². The van der Waals surface area contributed by atoms with Gasteiger partial charge < -0.3 is 16.0 Å². The Morgan fingerprint density at radius 1 is 0.955 bits per heavy atom. The van der Waals surface area contributed by atoms with Gasteiger partial charge in [-0.05, 0) is 62.4 Å². The first-order valence-corrected chi connectivity index (χ1v) is 16.8. The van der Waals surface area contributed by atoms with Gasteiger partial charge in [0, 0.05) is 79.2 Å². The summed E-state index contributed by atoms with van der Waals surface area (Å²) in [6, 6.07) is 17.3. The molecule has 1 atom stereocenters. The molecule has 1 saturated heterocycles. The summed E-state index contributed by atoms with van der Waals surface area (Å²) < 4.78 is 29.6. The average molecular weight is 660 g/mol. The van der Waals surface area contributed by atoms with Gasteiger partial charge in [0.1, 0.15) is 0 Å².